The zero-order valence-electron chi connectivity index (χ0n) is 7.75. The van der Waals surface area contributed by atoms with Crippen LogP contribution >= 0.6 is 11.7 Å². The van der Waals surface area contributed by atoms with E-state index in [2.05, 4.69) is 8.75 Å². The molecule has 0 saturated carbocycles. The number of rotatable bonds is 3. The minimum atomic E-state index is -1.02. The number of aromatic carboxylic acids is 1. The summed E-state index contributed by atoms with van der Waals surface area (Å²) in [5, 5.41) is 8.84. The second-order valence-corrected chi connectivity index (χ2v) is 3.56. The molecule has 76 valence electrons. The van der Waals surface area contributed by atoms with Gasteiger partial charge in [0.05, 0.1) is 17.4 Å². The van der Waals surface area contributed by atoms with Crippen LogP contribution in [0.4, 0.5) is 0 Å². The molecule has 5 heteroatoms. The van der Waals surface area contributed by atoms with Gasteiger partial charge in [-0.3, -0.25) is 0 Å². The molecule has 0 aliphatic rings. The van der Waals surface area contributed by atoms with Crippen molar-refractivity contribution in [1.82, 2.24) is 8.75 Å². The molecular weight excluding hydrogens is 212 g/mol. The molecule has 4 nitrogen and oxygen atoms in total. The van der Waals surface area contributed by atoms with Crippen LogP contribution in [0.5, 0.6) is 0 Å². The topological polar surface area (TPSA) is 63.1 Å². The molecule has 1 N–H and O–H groups in total. The van der Waals surface area contributed by atoms with E-state index in [0.717, 1.165) is 17.3 Å². The Bertz CT molecular complexity index is 467. The first-order chi connectivity index (χ1) is 7.27. The lowest BCUT2D eigenvalue weighted by Crippen LogP contribution is -2.02. The maximum Gasteiger partial charge on any atom is 0.357 e. The number of hydrogen-bond acceptors (Lipinski definition) is 4. The summed E-state index contributed by atoms with van der Waals surface area (Å²) >= 11 is 0.933. The number of carbonyl (C=O) groups is 1. The van der Waals surface area contributed by atoms with Crippen LogP contribution in [0.1, 0.15) is 21.7 Å². The van der Waals surface area contributed by atoms with E-state index >= 15 is 0 Å². The van der Waals surface area contributed by atoms with E-state index in [-0.39, 0.29) is 5.69 Å². The van der Waals surface area contributed by atoms with Gasteiger partial charge in [0, 0.05) is 6.42 Å². The number of benzene rings is 1. The van der Waals surface area contributed by atoms with Crippen molar-refractivity contribution in [2.24, 2.45) is 0 Å². The average Bonchev–Trinajstić information content (AvgIpc) is 2.67. The molecule has 0 fully saturated rings. The van der Waals surface area contributed by atoms with Gasteiger partial charge in [-0.25, -0.2) is 4.79 Å². The minimum absolute atomic E-state index is 0.0591. The van der Waals surface area contributed by atoms with E-state index in [4.69, 9.17) is 5.11 Å². The lowest BCUT2D eigenvalue weighted by atomic mass is 10.1. The third kappa shape index (κ3) is 2.19. The van der Waals surface area contributed by atoms with Gasteiger partial charge in [0.2, 0.25) is 0 Å². The van der Waals surface area contributed by atoms with Crippen molar-refractivity contribution in [3.05, 3.63) is 47.3 Å². The first-order valence-electron chi connectivity index (χ1n) is 4.36. The molecule has 15 heavy (non-hydrogen) atoms. The van der Waals surface area contributed by atoms with E-state index in [1.807, 2.05) is 30.3 Å². The molecule has 0 aliphatic heterocycles. The Morgan fingerprint density at radius 1 is 1.27 bits per heavy atom. The standard InChI is InChI=1S/C10H8N2O2S/c13-10(14)9-8(11-15-12-9)6-7-4-2-1-3-5-7/h1-5H,6H2,(H,13,14). The Morgan fingerprint density at radius 3 is 2.67 bits per heavy atom. The van der Waals surface area contributed by atoms with Crippen LogP contribution in [-0.2, 0) is 6.42 Å². The number of aromatic nitrogens is 2. The van der Waals surface area contributed by atoms with E-state index in [1.165, 1.54) is 0 Å². The largest absolute Gasteiger partial charge is 0.476 e. The van der Waals surface area contributed by atoms with Crippen molar-refractivity contribution >= 4 is 17.7 Å². The maximum absolute atomic E-state index is 10.8. The van der Waals surface area contributed by atoms with Gasteiger partial charge in [-0.15, -0.1) is 0 Å². The molecule has 0 amide bonds. The van der Waals surface area contributed by atoms with Crippen molar-refractivity contribution in [2.75, 3.05) is 0 Å². The Labute approximate surface area is 90.5 Å². The summed E-state index contributed by atoms with van der Waals surface area (Å²) in [6.07, 6.45) is 0.513. The van der Waals surface area contributed by atoms with Crippen LogP contribution in [-0.4, -0.2) is 19.8 Å². The SMILES string of the molecule is O=C(O)c1nsnc1Cc1ccccc1. The number of hydrogen-bond donors (Lipinski definition) is 1. The van der Waals surface area contributed by atoms with Crippen LogP contribution < -0.4 is 0 Å². The summed E-state index contributed by atoms with van der Waals surface area (Å²) in [7, 11) is 0. The van der Waals surface area contributed by atoms with Crippen molar-refractivity contribution in [3.63, 3.8) is 0 Å². The molecule has 0 saturated heterocycles. The van der Waals surface area contributed by atoms with Crippen LogP contribution in [0.25, 0.3) is 0 Å². The third-order valence-electron chi connectivity index (χ3n) is 1.97. The summed E-state index contributed by atoms with van der Waals surface area (Å²) in [4.78, 5) is 10.8. The molecule has 2 aromatic rings. The monoisotopic (exact) mass is 220 g/mol. The van der Waals surface area contributed by atoms with Crippen LogP contribution in [0, 0.1) is 0 Å². The van der Waals surface area contributed by atoms with Gasteiger partial charge < -0.3 is 5.11 Å². The Hall–Kier alpha value is -1.75. The fourth-order valence-corrected chi connectivity index (χ4v) is 1.83. The van der Waals surface area contributed by atoms with Gasteiger partial charge in [0.15, 0.2) is 5.69 Å². The molecule has 0 spiro atoms. The molecule has 0 atom stereocenters. The molecule has 1 aromatic carbocycles. The first-order valence-corrected chi connectivity index (χ1v) is 5.09. The number of nitrogens with zero attached hydrogens (tertiary/aromatic N) is 2. The van der Waals surface area contributed by atoms with Gasteiger partial charge in [0.25, 0.3) is 0 Å². The molecule has 1 aromatic heterocycles. The van der Waals surface area contributed by atoms with E-state index < -0.39 is 5.97 Å². The van der Waals surface area contributed by atoms with E-state index in [0.29, 0.717) is 12.1 Å². The highest BCUT2D eigenvalue weighted by Gasteiger charge is 2.14. The summed E-state index contributed by atoms with van der Waals surface area (Å²) < 4.78 is 7.73. The lowest BCUT2D eigenvalue weighted by molar-refractivity contribution is 0.0690. The Balaban J connectivity index is 2.25. The quantitative estimate of drug-likeness (QED) is 0.857. The Morgan fingerprint density at radius 2 is 2.00 bits per heavy atom. The van der Waals surface area contributed by atoms with Crippen molar-refractivity contribution in [2.45, 2.75) is 6.42 Å². The molecule has 2 rings (SSSR count). The highest BCUT2D eigenvalue weighted by atomic mass is 32.1. The van der Waals surface area contributed by atoms with Crippen LogP contribution in [0.3, 0.4) is 0 Å². The zero-order valence-corrected chi connectivity index (χ0v) is 8.57. The highest BCUT2D eigenvalue weighted by Crippen LogP contribution is 2.12. The fourth-order valence-electron chi connectivity index (χ4n) is 1.27. The normalized spacial score (nSPS) is 10.1. The lowest BCUT2D eigenvalue weighted by Gasteiger charge is -1.97. The molecule has 0 aliphatic carbocycles. The fraction of sp³-hybridized carbons (Fsp3) is 0.100. The third-order valence-corrected chi connectivity index (χ3v) is 2.54. The van der Waals surface area contributed by atoms with Gasteiger partial charge in [-0.2, -0.15) is 8.75 Å². The molecular formula is C10H8N2O2S. The number of carboxylic acids is 1. The summed E-state index contributed by atoms with van der Waals surface area (Å²) in [6, 6.07) is 9.61. The summed E-state index contributed by atoms with van der Waals surface area (Å²) in [5.41, 5.74) is 1.62. The van der Waals surface area contributed by atoms with E-state index in [9.17, 15) is 4.79 Å². The molecule has 1 heterocycles. The van der Waals surface area contributed by atoms with Crippen LogP contribution in [0.15, 0.2) is 30.3 Å². The highest BCUT2D eigenvalue weighted by molar-refractivity contribution is 6.99. The average molecular weight is 220 g/mol. The molecule has 0 unspecified atom stereocenters. The van der Waals surface area contributed by atoms with Crippen molar-refractivity contribution in [3.8, 4) is 0 Å². The number of carboxylic acid groups (broad SMARTS) is 1. The molecule has 0 bridgehead atoms. The molecule has 0 radical (unpaired) electrons. The summed E-state index contributed by atoms with van der Waals surface area (Å²) in [5.74, 6) is -1.02. The van der Waals surface area contributed by atoms with E-state index in [1.54, 1.807) is 0 Å². The smallest absolute Gasteiger partial charge is 0.357 e. The van der Waals surface area contributed by atoms with Crippen molar-refractivity contribution in [1.29, 1.82) is 0 Å². The predicted molar refractivity (Wildman–Crippen MR) is 56.1 cm³/mol. The summed E-state index contributed by atoms with van der Waals surface area (Å²) in [6.45, 7) is 0. The van der Waals surface area contributed by atoms with Gasteiger partial charge in [-0.05, 0) is 5.56 Å². The minimum Gasteiger partial charge on any atom is -0.476 e. The van der Waals surface area contributed by atoms with Gasteiger partial charge >= 0.3 is 5.97 Å². The van der Waals surface area contributed by atoms with Crippen molar-refractivity contribution < 1.29 is 9.90 Å². The Kier molecular flexibility index (Phi) is 2.73. The second kappa shape index (κ2) is 4.18. The zero-order chi connectivity index (χ0) is 10.7. The predicted octanol–water partition coefficient (Wildman–Crippen LogP) is 1.83. The van der Waals surface area contributed by atoms with Crippen LogP contribution in [0.2, 0.25) is 0 Å². The second-order valence-electron chi connectivity index (χ2n) is 3.03. The van der Waals surface area contributed by atoms with Gasteiger partial charge in [0.1, 0.15) is 0 Å². The maximum atomic E-state index is 10.8. The van der Waals surface area contributed by atoms with Gasteiger partial charge in [-0.1, -0.05) is 30.3 Å². The first kappa shape index (κ1) is 9.79.